The summed E-state index contributed by atoms with van der Waals surface area (Å²) in [4.78, 5) is 25.9. The summed E-state index contributed by atoms with van der Waals surface area (Å²) in [6.45, 7) is 4.96. The van der Waals surface area contributed by atoms with E-state index in [0.717, 1.165) is 12.8 Å². The van der Waals surface area contributed by atoms with Crippen LogP contribution in [0.15, 0.2) is 23.1 Å². The molecule has 4 rings (SSSR count). The molecule has 0 spiro atoms. The number of ether oxygens (including phenoxy) is 1. The first-order valence-electron chi connectivity index (χ1n) is 8.86. The van der Waals surface area contributed by atoms with Crippen LogP contribution >= 0.6 is 0 Å². The number of hydrogen-bond donors (Lipinski definition) is 1. The van der Waals surface area contributed by atoms with Gasteiger partial charge in [0.05, 0.1) is 36.5 Å². The molecule has 1 saturated carbocycles. The number of aromatic carboxylic acids is 1. The van der Waals surface area contributed by atoms with Gasteiger partial charge >= 0.3 is 5.97 Å². The van der Waals surface area contributed by atoms with Gasteiger partial charge in [0, 0.05) is 17.6 Å². The van der Waals surface area contributed by atoms with E-state index >= 15 is 0 Å². The maximum Gasteiger partial charge on any atom is 0.341 e. The zero-order chi connectivity index (χ0) is 18.6. The second-order valence-electron chi connectivity index (χ2n) is 7.28. The van der Waals surface area contributed by atoms with Crippen molar-refractivity contribution in [2.45, 2.75) is 44.8 Å². The van der Waals surface area contributed by atoms with Crippen LogP contribution in [0, 0.1) is 5.82 Å². The van der Waals surface area contributed by atoms with Crippen LogP contribution in [-0.2, 0) is 4.74 Å². The number of nitrogens with zero attached hydrogens (tertiary/aromatic N) is 2. The summed E-state index contributed by atoms with van der Waals surface area (Å²) in [5, 5.41) is 9.44. The van der Waals surface area contributed by atoms with Gasteiger partial charge in [0.2, 0.25) is 5.43 Å². The summed E-state index contributed by atoms with van der Waals surface area (Å²) in [7, 11) is 0. The van der Waals surface area contributed by atoms with Gasteiger partial charge in [-0.1, -0.05) is 0 Å². The van der Waals surface area contributed by atoms with Crippen molar-refractivity contribution in [1.29, 1.82) is 0 Å². The number of carboxylic acid groups (broad SMARTS) is 1. The highest BCUT2D eigenvalue weighted by atomic mass is 19.1. The van der Waals surface area contributed by atoms with Gasteiger partial charge < -0.3 is 19.3 Å². The lowest BCUT2D eigenvalue weighted by Gasteiger charge is -2.40. The van der Waals surface area contributed by atoms with Crippen LogP contribution in [0.5, 0.6) is 0 Å². The zero-order valence-corrected chi connectivity index (χ0v) is 14.7. The van der Waals surface area contributed by atoms with E-state index in [2.05, 4.69) is 0 Å². The second-order valence-corrected chi connectivity index (χ2v) is 7.28. The molecule has 0 radical (unpaired) electrons. The molecular weight excluding hydrogens is 339 g/mol. The number of benzene rings is 1. The largest absolute Gasteiger partial charge is 0.477 e. The molecule has 138 valence electrons. The van der Waals surface area contributed by atoms with Crippen molar-refractivity contribution in [3.05, 3.63) is 39.9 Å². The standard InChI is InChI=1S/C19H21FN2O4/c1-10-8-26-9-11(2)22(10)17-6-16-13(5-15(17)20)18(23)14(19(24)25)7-21(16)12-3-4-12/h5-7,10-12H,3-4,8-9H2,1-2H3,(H,24,25). The fraction of sp³-hybridized carbons (Fsp3) is 0.474. The Morgan fingerprint density at radius 3 is 2.46 bits per heavy atom. The highest BCUT2D eigenvalue weighted by Gasteiger charge is 2.31. The Balaban J connectivity index is 1.96. The van der Waals surface area contributed by atoms with Crippen LogP contribution in [0.2, 0.25) is 0 Å². The van der Waals surface area contributed by atoms with E-state index in [-0.39, 0.29) is 29.1 Å². The minimum Gasteiger partial charge on any atom is -0.477 e. The van der Waals surface area contributed by atoms with Gasteiger partial charge in [-0.2, -0.15) is 0 Å². The zero-order valence-electron chi connectivity index (χ0n) is 14.7. The van der Waals surface area contributed by atoms with Gasteiger partial charge in [-0.25, -0.2) is 9.18 Å². The highest BCUT2D eigenvalue weighted by molar-refractivity contribution is 5.93. The number of hydrogen-bond acceptors (Lipinski definition) is 4. The van der Waals surface area contributed by atoms with Crippen LogP contribution < -0.4 is 10.3 Å². The molecular formula is C19H21FN2O4. The first kappa shape index (κ1) is 17.0. The van der Waals surface area contributed by atoms with Crippen molar-refractivity contribution >= 4 is 22.6 Å². The van der Waals surface area contributed by atoms with Crippen LogP contribution in [-0.4, -0.2) is 40.9 Å². The Hall–Kier alpha value is -2.41. The molecule has 6 nitrogen and oxygen atoms in total. The molecule has 1 saturated heterocycles. The van der Waals surface area contributed by atoms with Crippen molar-refractivity contribution in [3.8, 4) is 0 Å². The number of halogens is 1. The highest BCUT2D eigenvalue weighted by Crippen LogP contribution is 2.38. The normalized spacial score (nSPS) is 23.4. The number of anilines is 1. The fourth-order valence-electron chi connectivity index (χ4n) is 3.84. The Kier molecular flexibility index (Phi) is 3.99. The van der Waals surface area contributed by atoms with Gasteiger partial charge in [-0.05, 0) is 38.8 Å². The lowest BCUT2D eigenvalue weighted by molar-refractivity contribution is 0.0694. The molecule has 1 aromatic carbocycles. The first-order valence-corrected chi connectivity index (χ1v) is 8.86. The molecule has 2 aromatic rings. The van der Waals surface area contributed by atoms with E-state index in [4.69, 9.17) is 4.74 Å². The number of aromatic nitrogens is 1. The predicted octanol–water partition coefficient (Wildman–Crippen LogP) is 2.79. The molecule has 1 aromatic heterocycles. The average Bonchev–Trinajstić information content (AvgIpc) is 3.40. The summed E-state index contributed by atoms with van der Waals surface area (Å²) in [6, 6.07) is 3.05. The summed E-state index contributed by atoms with van der Waals surface area (Å²) in [5.74, 6) is -1.80. The van der Waals surface area contributed by atoms with E-state index in [1.165, 1.54) is 12.3 Å². The predicted molar refractivity (Wildman–Crippen MR) is 95.6 cm³/mol. The summed E-state index contributed by atoms with van der Waals surface area (Å²) >= 11 is 0. The summed E-state index contributed by atoms with van der Waals surface area (Å²) < 4.78 is 22.3. The maximum atomic E-state index is 14.9. The van der Waals surface area contributed by atoms with Crippen LogP contribution in [0.3, 0.4) is 0 Å². The molecule has 2 atom stereocenters. The smallest absolute Gasteiger partial charge is 0.341 e. The van der Waals surface area contributed by atoms with Crippen molar-refractivity contribution < 1.29 is 19.0 Å². The van der Waals surface area contributed by atoms with Gasteiger partial charge in [0.1, 0.15) is 11.4 Å². The molecule has 2 unspecified atom stereocenters. The van der Waals surface area contributed by atoms with Crippen LogP contribution in [0.4, 0.5) is 10.1 Å². The lowest BCUT2D eigenvalue weighted by atomic mass is 10.1. The summed E-state index contributed by atoms with van der Waals surface area (Å²) in [5.41, 5.74) is 0.0602. The molecule has 1 aliphatic heterocycles. The third-order valence-corrected chi connectivity index (χ3v) is 5.22. The van der Waals surface area contributed by atoms with E-state index in [1.807, 2.05) is 23.3 Å². The average molecular weight is 360 g/mol. The van der Waals surface area contributed by atoms with E-state index in [9.17, 15) is 19.1 Å². The second kappa shape index (κ2) is 6.09. The Morgan fingerprint density at radius 1 is 1.23 bits per heavy atom. The monoisotopic (exact) mass is 360 g/mol. The number of carbonyl (C=O) groups is 1. The number of rotatable bonds is 3. The number of morpholine rings is 1. The van der Waals surface area contributed by atoms with Crippen molar-refractivity contribution in [2.24, 2.45) is 0 Å². The molecule has 0 amide bonds. The quantitative estimate of drug-likeness (QED) is 0.911. The Labute approximate surface area is 149 Å². The number of carboxylic acids is 1. The molecule has 26 heavy (non-hydrogen) atoms. The van der Waals surface area contributed by atoms with Crippen molar-refractivity contribution in [2.75, 3.05) is 18.1 Å². The molecule has 1 aliphatic carbocycles. The molecule has 2 aliphatic rings. The third-order valence-electron chi connectivity index (χ3n) is 5.22. The topological polar surface area (TPSA) is 71.8 Å². The Bertz CT molecular complexity index is 941. The summed E-state index contributed by atoms with van der Waals surface area (Å²) in [6.07, 6.45) is 3.25. The molecule has 0 bridgehead atoms. The fourth-order valence-corrected chi connectivity index (χ4v) is 3.84. The van der Waals surface area contributed by atoms with Crippen LogP contribution in [0.1, 0.15) is 43.1 Å². The minimum absolute atomic E-state index is 0.00471. The van der Waals surface area contributed by atoms with E-state index < -0.39 is 17.2 Å². The van der Waals surface area contributed by atoms with Gasteiger partial charge in [-0.3, -0.25) is 4.79 Å². The number of pyridine rings is 1. The lowest BCUT2D eigenvalue weighted by Crippen LogP contribution is -2.50. The van der Waals surface area contributed by atoms with Crippen LogP contribution in [0.25, 0.3) is 10.9 Å². The first-order chi connectivity index (χ1) is 12.4. The van der Waals surface area contributed by atoms with Crippen molar-refractivity contribution in [1.82, 2.24) is 4.57 Å². The van der Waals surface area contributed by atoms with E-state index in [1.54, 1.807) is 6.07 Å². The van der Waals surface area contributed by atoms with Crippen molar-refractivity contribution in [3.63, 3.8) is 0 Å². The molecule has 2 fully saturated rings. The molecule has 7 heteroatoms. The van der Waals surface area contributed by atoms with Gasteiger partial charge in [0.15, 0.2) is 0 Å². The number of fused-ring (bicyclic) bond motifs is 1. The van der Waals surface area contributed by atoms with Gasteiger partial charge in [0.25, 0.3) is 0 Å². The van der Waals surface area contributed by atoms with Gasteiger partial charge in [-0.15, -0.1) is 0 Å². The molecule has 1 N–H and O–H groups in total. The minimum atomic E-state index is -1.29. The molecule has 2 heterocycles. The maximum absolute atomic E-state index is 14.9. The SMILES string of the molecule is CC1COCC(C)N1c1cc2c(cc1F)c(=O)c(C(=O)O)cn2C1CC1. The van der Waals surface area contributed by atoms with E-state index in [0.29, 0.717) is 24.4 Å². The Morgan fingerprint density at radius 2 is 1.88 bits per heavy atom. The third kappa shape index (κ3) is 2.67.